The van der Waals surface area contributed by atoms with Gasteiger partial charge in [0.15, 0.2) is 0 Å². The third-order valence-electron chi connectivity index (χ3n) is 4.53. The number of aromatic nitrogens is 1. The number of sulfonamides is 1. The molecule has 0 aliphatic heterocycles. The fourth-order valence-electron chi connectivity index (χ4n) is 2.84. The average molecular weight is 440 g/mol. The number of benzene rings is 2. The number of hydrogen-bond donors (Lipinski definition) is 2. The van der Waals surface area contributed by atoms with Gasteiger partial charge in [-0.25, -0.2) is 13.4 Å². The molecule has 2 aromatic carbocycles. The van der Waals surface area contributed by atoms with Crippen molar-refractivity contribution in [1.29, 1.82) is 0 Å². The topological polar surface area (TPSA) is 97.4 Å². The summed E-state index contributed by atoms with van der Waals surface area (Å²) in [5.41, 5.74) is 1.55. The van der Waals surface area contributed by atoms with Crippen molar-refractivity contribution in [2.24, 2.45) is 0 Å². The highest BCUT2D eigenvalue weighted by atomic mass is 32.2. The van der Waals surface area contributed by atoms with Crippen LogP contribution < -0.4 is 14.8 Å². The molecule has 2 N–H and O–H groups in total. The van der Waals surface area contributed by atoms with Gasteiger partial charge >= 0.3 is 0 Å². The van der Waals surface area contributed by atoms with Crippen LogP contribution in [-0.4, -0.2) is 25.9 Å². The van der Waals surface area contributed by atoms with E-state index in [0.717, 1.165) is 12.8 Å². The van der Waals surface area contributed by atoms with Crippen LogP contribution in [0.3, 0.4) is 0 Å². The molecular formula is C23H25N3O4S. The number of anilines is 1. The molecule has 0 saturated carbocycles. The van der Waals surface area contributed by atoms with E-state index in [4.69, 9.17) is 4.74 Å². The van der Waals surface area contributed by atoms with Crippen molar-refractivity contribution >= 4 is 21.6 Å². The Hall–Kier alpha value is -3.39. The van der Waals surface area contributed by atoms with Gasteiger partial charge in [-0.15, -0.1) is 0 Å². The molecule has 0 fully saturated rings. The molecule has 0 spiro atoms. The van der Waals surface area contributed by atoms with E-state index in [0.29, 0.717) is 35.0 Å². The number of nitrogens with one attached hydrogen (secondary N) is 2. The summed E-state index contributed by atoms with van der Waals surface area (Å²) in [5.74, 6) is 0.655. The lowest BCUT2D eigenvalue weighted by Gasteiger charge is -2.11. The quantitative estimate of drug-likeness (QED) is 0.478. The molecule has 0 aliphatic rings. The summed E-state index contributed by atoms with van der Waals surface area (Å²) in [5, 5.41) is 2.83. The molecule has 3 aromatic rings. The van der Waals surface area contributed by atoms with E-state index >= 15 is 0 Å². The Labute approximate surface area is 182 Å². The summed E-state index contributed by atoms with van der Waals surface area (Å²) in [6, 6.07) is 16.6. The van der Waals surface area contributed by atoms with Crippen LogP contribution in [0.15, 0.2) is 71.8 Å². The van der Waals surface area contributed by atoms with E-state index < -0.39 is 10.0 Å². The minimum Gasteiger partial charge on any atom is -0.439 e. The largest absolute Gasteiger partial charge is 0.439 e. The molecule has 7 nitrogen and oxygen atoms in total. The van der Waals surface area contributed by atoms with Gasteiger partial charge < -0.3 is 10.1 Å². The third kappa shape index (κ3) is 6.05. The molecule has 0 radical (unpaired) electrons. The van der Waals surface area contributed by atoms with Crippen LogP contribution in [0.25, 0.3) is 0 Å². The molecule has 1 heterocycles. The predicted molar refractivity (Wildman–Crippen MR) is 120 cm³/mol. The number of aryl methyl sites for hydroxylation is 1. The van der Waals surface area contributed by atoms with Gasteiger partial charge in [0.25, 0.3) is 15.9 Å². The fraction of sp³-hybridized carbons (Fsp3) is 0.217. The molecule has 0 unspecified atom stereocenters. The van der Waals surface area contributed by atoms with Gasteiger partial charge in [0.1, 0.15) is 5.75 Å². The van der Waals surface area contributed by atoms with Gasteiger partial charge in [0, 0.05) is 24.5 Å². The van der Waals surface area contributed by atoms with Crippen LogP contribution in [0.2, 0.25) is 0 Å². The first-order chi connectivity index (χ1) is 14.9. The highest BCUT2D eigenvalue weighted by Crippen LogP contribution is 2.24. The minimum absolute atomic E-state index is 0.169. The monoisotopic (exact) mass is 439 g/mol. The Kier molecular flexibility index (Phi) is 7.25. The smallest absolute Gasteiger partial charge is 0.262 e. The van der Waals surface area contributed by atoms with Crippen LogP contribution in [0.5, 0.6) is 11.6 Å². The second-order valence-corrected chi connectivity index (χ2v) is 8.64. The Morgan fingerprint density at radius 2 is 1.77 bits per heavy atom. The summed E-state index contributed by atoms with van der Waals surface area (Å²) in [4.78, 5) is 16.4. The first-order valence-electron chi connectivity index (χ1n) is 9.99. The van der Waals surface area contributed by atoms with Gasteiger partial charge in [0.2, 0.25) is 5.88 Å². The lowest BCUT2D eigenvalue weighted by atomic mass is 10.2. The Balaban J connectivity index is 1.62. The number of pyridine rings is 1. The van der Waals surface area contributed by atoms with Crippen molar-refractivity contribution in [3.8, 4) is 11.6 Å². The van der Waals surface area contributed by atoms with Gasteiger partial charge in [0.05, 0.1) is 10.5 Å². The summed E-state index contributed by atoms with van der Waals surface area (Å²) < 4.78 is 33.4. The molecule has 3 rings (SSSR count). The molecule has 8 heteroatoms. The van der Waals surface area contributed by atoms with Gasteiger partial charge in [-0.3, -0.25) is 9.52 Å². The van der Waals surface area contributed by atoms with Crippen molar-refractivity contribution in [2.75, 3.05) is 11.3 Å². The third-order valence-corrected chi connectivity index (χ3v) is 6.07. The molecular weight excluding hydrogens is 414 g/mol. The van der Waals surface area contributed by atoms with Crippen LogP contribution in [0.1, 0.15) is 35.7 Å². The zero-order chi connectivity index (χ0) is 22.3. The molecule has 0 bridgehead atoms. The number of amides is 1. The zero-order valence-corrected chi connectivity index (χ0v) is 18.3. The molecule has 31 heavy (non-hydrogen) atoms. The summed E-state index contributed by atoms with van der Waals surface area (Å²) in [7, 11) is -3.68. The second-order valence-electron chi connectivity index (χ2n) is 6.99. The highest BCUT2D eigenvalue weighted by molar-refractivity contribution is 7.92. The summed E-state index contributed by atoms with van der Waals surface area (Å²) in [6.45, 7) is 4.44. The maximum absolute atomic E-state index is 12.6. The van der Waals surface area contributed by atoms with Crippen molar-refractivity contribution in [2.45, 2.75) is 31.6 Å². The van der Waals surface area contributed by atoms with E-state index in [9.17, 15) is 13.2 Å². The number of carbonyl (C=O) groups is 1. The number of nitrogens with zero attached hydrogens (tertiary/aromatic N) is 1. The molecule has 1 aromatic heterocycles. The van der Waals surface area contributed by atoms with E-state index in [2.05, 4.69) is 21.9 Å². The molecule has 0 atom stereocenters. The van der Waals surface area contributed by atoms with E-state index in [1.54, 1.807) is 67.6 Å². The maximum Gasteiger partial charge on any atom is 0.262 e. The standard InChI is InChI=1S/C23H25N3O4S/c1-3-4-15-24-23(27)18-9-14-22(25-16-18)30-20-12-10-19(11-13-20)26-31(28,29)21-8-6-5-7-17(21)2/h5-14,16,26H,3-4,15H2,1-2H3,(H,24,27). The Morgan fingerprint density at radius 3 is 2.42 bits per heavy atom. The Bertz CT molecular complexity index is 1130. The van der Waals surface area contributed by atoms with Gasteiger partial charge in [-0.2, -0.15) is 0 Å². The number of ether oxygens (including phenoxy) is 1. The van der Waals surface area contributed by atoms with Crippen LogP contribution in [0.4, 0.5) is 5.69 Å². The summed E-state index contributed by atoms with van der Waals surface area (Å²) in [6.07, 6.45) is 3.40. The molecule has 0 aliphatic carbocycles. The second kappa shape index (κ2) is 10.1. The molecule has 0 saturated heterocycles. The van der Waals surface area contributed by atoms with Crippen LogP contribution in [0, 0.1) is 6.92 Å². The Morgan fingerprint density at radius 1 is 1.03 bits per heavy atom. The van der Waals surface area contributed by atoms with E-state index in [-0.39, 0.29) is 10.8 Å². The fourth-order valence-corrected chi connectivity index (χ4v) is 4.14. The number of hydrogen-bond acceptors (Lipinski definition) is 5. The normalized spacial score (nSPS) is 11.0. The lowest BCUT2D eigenvalue weighted by molar-refractivity contribution is 0.0952. The van der Waals surface area contributed by atoms with Crippen LogP contribution in [-0.2, 0) is 10.0 Å². The zero-order valence-electron chi connectivity index (χ0n) is 17.5. The van der Waals surface area contributed by atoms with Gasteiger partial charge in [-0.1, -0.05) is 31.5 Å². The highest BCUT2D eigenvalue weighted by Gasteiger charge is 2.16. The van der Waals surface area contributed by atoms with Crippen molar-refractivity contribution < 1.29 is 17.9 Å². The maximum atomic E-state index is 12.6. The SMILES string of the molecule is CCCCNC(=O)c1ccc(Oc2ccc(NS(=O)(=O)c3ccccc3C)cc2)nc1. The minimum atomic E-state index is -3.68. The first-order valence-corrected chi connectivity index (χ1v) is 11.5. The predicted octanol–water partition coefficient (Wildman–Crippen LogP) is 4.51. The molecule has 1 amide bonds. The van der Waals surface area contributed by atoms with Gasteiger partial charge in [-0.05, 0) is 55.3 Å². The number of carbonyl (C=O) groups excluding carboxylic acids is 1. The van der Waals surface area contributed by atoms with Crippen LogP contribution >= 0.6 is 0 Å². The number of rotatable bonds is 9. The lowest BCUT2D eigenvalue weighted by Crippen LogP contribution is -2.24. The van der Waals surface area contributed by atoms with Crippen molar-refractivity contribution in [3.05, 3.63) is 78.0 Å². The number of unbranched alkanes of at least 4 members (excludes halogenated alkanes) is 1. The van der Waals surface area contributed by atoms with E-state index in [1.807, 2.05) is 0 Å². The summed E-state index contributed by atoms with van der Waals surface area (Å²) >= 11 is 0. The average Bonchev–Trinajstić information content (AvgIpc) is 2.76. The first kappa shape index (κ1) is 22.3. The van der Waals surface area contributed by atoms with E-state index in [1.165, 1.54) is 6.20 Å². The van der Waals surface area contributed by atoms with Crippen molar-refractivity contribution in [3.63, 3.8) is 0 Å². The molecule has 162 valence electrons. The van der Waals surface area contributed by atoms with Crippen molar-refractivity contribution in [1.82, 2.24) is 10.3 Å².